The Kier molecular flexibility index (Phi) is 2.19. The van der Waals surface area contributed by atoms with Crippen LogP contribution < -0.4 is 4.74 Å². The Morgan fingerprint density at radius 2 is 2.31 bits per heavy atom. The summed E-state index contributed by atoms with van der Waals surface area (Å²) in [5.74, 6) is -0.0718. The Morgan fingerprint density at radius 3 is 3.08 bits per heavy atom. The molecule has 1 heterocycles. The minimum atomic E-state index is -0.403. The molecular formula is C10H11FO2. The highest BCUT2D eigenvalue weighted by Crippen LogP contribution is 2.29. The Hall–Kier alpha value is -1.09. The Morgan fingerprint density at radius 1 is 1.46 bits per heavy atom. The number of ether oxygens (including phenoxy) is 1. The fourth-order valence-corrected chi connectivity index (χ4v) is 1.55. The van der Waals surface area contributed by atoms with Gasteiger partial charge >= 0.3 is 0 Å². The number of fused-ring (bicyclic) bond motifs is 1. The summed E-state index contributed by atoms with van der Waals surface area (Å²) in [4.78, 5) is 0. The molecule has 0 saturated carbocycles. The van der Waals surface area contributed by atoms with E-state index in [1.165, 1.54) is 0 Å². The molecule has 2 nitrogen and oxygen atoms in total. The maximum absolute atomic E-state index is 13.5. The van der Waals surface area contributed by atoms with Crippen LogP contribution in [0.1, 0.15) is 17.5 Å². The van der Waals surface area contributed by atoms with Crippen molar-refractivity contribution in [2.24, 2.45) is 0 Å². The first-order valence-corrected chi connectivity index (χ1v) is 4.37. The van der Waals surface area contributed by atoms with E-state index in [2.05, 4.69) is 0 Å². The summed E-state index contributed by atoms with van der Waals surface area (Å²) in [6.07, 6.45) is 1.79. The van der Waals surface area contributed by atoms with E-state index in [0.29, 0.717) is 17.9 Å². The van der Waals surface area contributed by atoms with Crippen molar-refractivity contribution in [3.05, 3.63) is 29.1 Å². The summed E-state index contributed by atoms with van der Waals surface area (Å²) < 4.78 is 18.7. The SMILES string of the molecule is OCc1ccc2c(c1F)OCCC2. The Bertz CT molecular complexity index is 323. The molecule has 2 rings (SSSR count). The first-order chi connectivity index (χ1) is 6.33. The van der Waals surface area contributed by atoms with E-state index >= 15 is 0 Å². The van der Waals surface area contributed by atoms with Gasteiger partial charge in [-0.25, -0.2) is 4.39 Å². The van der Waals surface area contributed by atoms with E-state index in [1.807, 2.05) is 6.07 Å². The first-order valence-electron chi connectivity index (χ1n) is 4.37. The minimum absolute atomic E-state index is 0.275. The van der Waals surface area contributed by atoms with Crippen LogP contribution in [0, 0.1) is 5.82 Å². The van der Waals surface area contributed by atoms with E-state index in [4.69, 9.17) is 9.84 Å². The van der Waals surface area contributed by atoms with Gasteiger partial charge in [-0.3, -0.25) is 0 Å². The van der Waals surface area contributed by atoms with Crippen LogP contribution >= 0.6 is 0 Å². The highest BCUT2D eigenvalue weighted by Gasteiger charge is 2.17. The Labute approximate surface area is 76.0 Å². The van der Waals surface area contributed by atoms with Crippen LogP contribution in [-0.2, 0) is 13.0 Å². The number of halogens is 1. The van der Waals surface area contributed by atoms with Crippen LogP contribution in [0.25, 0.3) is 0 Å². The molecule has 13 heavy (non-hydrogen) atoms. The second kappa shape index (κ2) is 3.34. The molecule has 0 bridgehead atoms. The molecule has 0 saturated heterocycles. The van der Waals surface area contributed by atoms with Crippen molar-refractivity contribution in [3.8, 4) is 5.75 Å². The zero-order valence-corrected chi connectivity index (χ0v) is 7.22. The Balaban J connectivity index is 2.48. The highest BCUT2D eigenvalue weighted by molar-refractivity contribution is 5.40. The summed E-state index contributed by atoms with van der Waals surface area (Å²) in [5, 5.41) is 8.82. The third kappa shape index (κ3) is 1.40. The quantitative estimate of drug-likeness (QED) is 0.715. The largest absolute Gasteiger partial charge is 0.490 e. The van der Waals surface area contributed by atoms with E-state index in [1.54, 1.807) is 6.07 Å². The van der Waals surface area contributed by atoms with E-state index < -0.39 is 5.82 Å². The molecule has 0 radical (unpaired) electrons. The molecule has 0 spiro atoms. The summed E-state index contributed by atoms with van der Waals surface area (Å²) in [6, 6.07) is 3.44. The summed E-state index contributed by atoms with van der Waals surface area (Å²) in [7, 11) is 0. The molecule has 1 aliphatic heterocycles. The lowest BCUT2D eigenvalue weighted by Crippen LogP contribution is -2.11. The van der Waals surface area contributed by atoms with Crippen molar-refractivity contribution in [1.29, 1.82) is 0 Å². The number of hydrogen-bond donors (Lipinski definition) is 1. The number of hydrogen-bond acceptors (Lipinski definition) is 2. The van der Waals surface area contributed by atoms with Crippen molar-refractivity contribution >= 4 is 0 Å². The number of aliphatic hydroxyl groups is 1. The summed E-state index contributed by atoms with van der Waals surface area (Å²) >= 11 is 0. The zero-order chi connectivity index (χ0) is 9.26. The van der Waals surface area contributed by atoms with Gasteiger partial charge in [0.2, 0.25) is 0 Å². The van der Waals surface area contributed by atoms with Crippen molar-refractivity contribution in [1.82, 2.24) is 0 Å². The molecular weight excluding hydrogens is 171 g/mol. The molecule has 0 aliphatic carbocycles. The highest BCUT2D eigenvalue weighted by atomic mass is 19.1. The zero-order valence-electron chi connectivity index (χ0n) is 7.22. The fourth-order valence-electron chi connectivity index (χ4n) is 1.55. The predicted molar refractivity (Wildman–Crippen MR) is 46.1 cm³/mol. The van der Waals surface area contributed by atoms with Crippen molar-refractivity contribution in [3.63, 3.8) is 0 Å². The van der Waals surface area contributed by atoms with Gasteiger partial charge in [-0.05, 0) is 18.4 Å². The van der Waals surface area contributed by atoms with Crippen LogP contribution in [0.3, 0.4) is 0 Å². The average molecular weight is 182 g/mol. The third-order valence-electron chi connectivity index (χ3n) is 2.27. The van der Waals surface area contributed by atoms with Crippen molar-refractivity contribution in [2.45, 2.75) is 19.4 Å². The lowest BCUT2D eigenvalue weighted by Gasteiger charge is -2.18. The first kappa shape index (κ1) is 8.51. The van der Waals surface area contributed by atoms with Crippen LogP contribution in [0.2, 0.25) is 0 Å². The van der Waals surface area contributed by atoms with E-state index in [0.717, 1.165) is 18.4 Å². The fraction of sp³-hybridized carbons (Fsp3) is 0.400. The molecule has 1 aromatic carbocycles. The van der Waals surface area contributed by atoms with Gasteiger partial charge in [0.15, 0.2) is 11.6 Å². The normalized spacial score (nSPS) is 14.9. The summed E-state index contributed by atoms with van der Waals surface area (Å²) in [5.41, 5.74) is 1.21. The molecule has 0 atom stereocenters. The smallest absolute Gasteiger partial charge is 0.170 e. The number of benzene rings is 1. The minimum Gasteiger partial charge on any atom is -0.490 e. The number of aryl methyl sites for hydroxylation is 1. The predicted octanol–water partition coefficient (Wildman–Crippen LogP) is 1.64. The van der Waals surface area contributed by atoms with Gasteiger partial charge in [-0.2, -0.15) is 0 Å². The molecule has 0 amide bonds. The summed E-state index contributed by atoms with van der Waals surface area (Å²) in [6.45, 7) is 0.293. The van der Waals surface area contributed by atoms with Gasteiger partial charge in [0.25, 0.3) is 0 Å². The van der Waals surface area contributed by atoms with Crippen LogP contribution in [0.4, 0.5) is 4.39 Å². The molecule has 70 valence electrons. The van der Waals surface area contributed by atoms with Crippen LogP contribution in [0.15, 0.2) is 12.1 Å². The monoisotopic (exact) mass is 182 g/mol. The van der Waals surface area contributed by atoms with E-state index in [9.17, 15) is 4.39 Å². The van der Waals surface area contributed by atoms with Crippen LogP contribution in [-0.4, -0.2) is 11.7 Å². The molecule has 0 fully saturated rings. The molecule has 0 aromatic heterocycles. The topological polar surface area (TPSA) is 29.5 Å². The maximum atomic E-state index is 13.5. The third-order valence-corrected chi connectivity index (χ3v) is 2.27. The molecule has 1 aliphatic rings. The maximum Gasteiger partial charge on any atom is 0.170 e. The average Bonchev–Trinajstić information content (AvgIpc) is 2.19. The van der Waals surface area contributed by atoms with Gasteiger partial charge in [-0.1, -0.05) is 12.1 Å². The molecule has 1 N–H and O–H groups in total. The second-order valence-corrected chi connectivity index (χ2v) is 3.14. The van der Waals surface area contributed by atoms with Gasteiger partial charge in [0, 0.05) is 5.56 Å². The number of aliphatic hydroxyl groups excluding tert-OH is 1. The lowest BCUT2D eigenvalue weighted by atomic mass is 10.0. The van der Waals surface area contributed by atoms with E-state index in [-0.39, 0.29) is 6.61 Å². The van der Waals surface area contributed by atoms with Crippen LogP contribution in [0.5, 0.6) is 5.75 Å². The molecule has 0 unspecified atom stereocenters. The van der Waals surface area contributed by atoms with Gasteiger partial charge in [0.1, 0.15) is 0 Å². The number of rotatable bonds is 1. The molecule has 1 aromatic rings. The van der Waals surface area contributed by atoms with Crippen molar-refractivity contribution < 1.29 is 14.2 Å². The van der Waals surface area contributed by atoms with Gasteiger partial charge in [-0.15, -0.1) is 0 Å². The van der Waals surface area contributed by atoms with Gasteiger partial charge in [0.05, 0.1) is 13.2 Å². The van der Waals surface area contributed by atoms with Gasteiger partial charge < -0.3 is 9.84 Å². The molecule has 3 heteroatoms. The standard InChI is InChI=1S/C10H11FO2/c11-9-8(6-12)4-3-7-2-1-5-13-10(7)9/h3-4,12H,1-2,5-6H2. The second-order valence-electron chi connectivity index (χ2n) is 3.14. The van der Waals surface area contributed by atoms with Crippen molar-refractivity contribution in [2.75, 3.05) is 6.61 Å². The lowest BCUT2D eigenvalue weighted by molar-refractivity contribution is 0.255.